The molecule has 0 spiro atoms. The van der Waals surface area contributed by atoms with Gasteiger partial charge in [0.1, 0.15) is 11.8 Å². The molecule has 34 heavy (non-hydrogen) atoms. The molecule has 2 N–H and O–H groups in total. The number of aliphatic hydroxyl groups excluding tert-OH is 1. The summed E-state index contributed by atoms with van der Waals surface area (Å²) in [7, 11) is 3.31. The molecule has 1 aromatic heterocycles. The Labute approximate surface area is 207 Å². The summed E-state index contributed by atoms with van der Waals surface area (Å²) in [5.41, 5.74) is -1.70. The smallest absolute Gasteiger partial charge is 0.228 e. The number of halogens is 1. The van der Waals surface area contributed by atoms with E-state index in [0.29, 0.717) is 11.3 Å². The minimum absolute atomic E-state index is 0.0301. The van der Waals surface area contributed by atoms with Gasteiger partial charge in [-0.15, -0.1) is 0 Å². The lowest BCUT2D eigenvalue weighted by Crippen LogP contribution is -2.52. The zero-order valence-corrected chi connectivity index (χ0v) is 21.1. The van der Waals surface area contributed by atoms with Crippen molar-refractivity contribution in [1.29, 1.82) is 0 Å². The van der Waals surface area contributed by atoms with Gasteiger partial charge >= 0.3 is 0 Å². The summed E-state index contributed by atoms with van der Waals surface area (Å²) >= 11 is 3.48. The molecule has 0 radical (unpaired) electrons. The second-order valence-corrected chi connectivity index (χ2v) is 10.5. The van der Waals surface area contributed by atoms with Gasteiger partial charge in [-0.05, 0) is 37.1 Å². The normalized spacial score (nSPS) is 29.6. The van der Waals surface area contributed by atoms with Crippen molar-refractivity contribution in [3.8, 4) is 5.75 Å². The Morgan fingerprint density at radius 3 is 2.38 bits per heavy atom. The predicted molar refractivity (Wildman–Crippen MR) is 130 cm³/mol. The summed E-state index contributed by atoms with van der Waals surface area (Å²) in [5, 5.41) is 29.0. The van der Waals surface area contributed by atoms with Gasteiger partial charge in [0.2, 0.25) is 5.91 Å². The summed E-state index contributed by atoms with van der Waals surface area (Å²) in [5.74, 6) is -1.50. The molecule has 0 bridgehead atoms. The number of aromatic nitrogens is 2. The van der Waals surface area contributed by atoms with E-state index in [1.54, 1.807) is 25.0 Å². The topological polar surface area (TPSA) is 87.8 Å². The lowest BCUT2D eigenvalue weighted by atomic mass is 9.71. The van der Waals surface area contributed by atoms with Gasteiger partial charge in [-0.25, -0.2) is 0 Å². The monoisotopic (exact) mass is 525 g/mol. The van der Waals surface area contributed by atoms with Crippen molar-refractivity contribution in [3.05, 3.63) is 82.1 Å². The van der Waals surface area contributed by atoms with E-state index < -0.39 is 29.1 Å². The minimum Gasteiger partial charge on any atom is -0.475 e. The molecule has 0 saturated heterocycles. The number of carbonyl (C=O) groups is 1. The van der Waals surface area contributed by atoms with Crippen molar-refractivity contribution < 1.29 is 19.7 Å². The molecule has 1 saturated carbocycles. The first-order chi connectivity index (χ1) is 16.1. The highest BCUT2D eigenvalue weighted by molar-refractivity contribution is 9.10. The molecule has 1 aliphatic heterocycles. The Bertz CT molecular complexity index is 1230. The van der Waals surface area contributed by atoms with Gasteiger partial charge in [0.05, 0.1) is 12.1 Å². The average Bonchev–Trinajstić information content (AvgIpc) is 3.40. The van der Waals surface area contributed by atoms with Gasteiger partial charge in [0.15, 0.2) is 17.0 Å². The highest BCUT2D eigenvalue weighted by atomic mass is 79.9. The molecule has 2 aliphatic rings. The van der Waals surface area contributed by atoms with Crippen LogP contribution in [0, 0.1) is 5.92 Å². The summed E-state index contributed by atoms with van der Waals surface area (Å²) in [6.07, 6.45) is 0.307. The molecule has 5 atom stereocenters. The molecule has 2 heterocycles. The highest BCUT2D eigenvalue weighted by Crippen LogP contribution is 2.68. The van der Waals surface area contributed by atoms with Crippen molar-refractivity contribution >= 4 is 21.8 Å². The minimum atomic E-state index is -1.95. The Morgan fingerprint density at radius 2 is 1.79 bits per heavy atom. The first kappa shape index (κ1) is 23.1. The molecule has 0 unspecified atom stereocenters. The van der Waals surface area contributed by atoms with Gasteiger partial charge in [-0.2, -0.15) is 5.10 Å². The molecule has 5 rings (SSSR count). The number of rotatable bonds is 4. The maximum Gasteiger partial charge on any atom is 0.228 e. The van der Waals surface area contributed by atoms with E-state index in [1.165, 1.54) is 4.90 Å². The van der Waals surface area contributed by atoms with Crippen LogP contribution in [0.4, 0.5) is 0 Å². The Balaban J connectivity index is 1.84. The molecule has 1 fully saturated rings. The van der Waals surface area contributed by atoms with Crippen LogP contribution in [0.15, 0.2) is 65.3 Å². The van der Waals surface area contributed by atoms with Crippen molar-refractivity contribution in [2.45, 2.75) is 43.1 Å². The summed E-state index contributed by atoms with van der Waals surface area (Å²) < 4.78 is 9.27. The van der Waals surface area contributed by atoms with Crippen molar-refractivity contribution in [1.82, 2.24) is 14.7 Å². The molecular formula is C26H28BrN3O4. The largest absolute Gasteiger partial charge is 0.475 e. The first-order valence-corrected chi connectivity index (χ1v) is 12.1. The summed E-state index contributed by atoms with van der Waals surface area (Å²) in [6.45, 7) is 3.95. The van der Waals surface area contributed by atoms with E-state index in [-0.39, 0.29) is 17.6 Å². The van der Waals surface area contributed by atoms with E-state index in [4.69, 9.17) is 4.74 Å². The van der Waals surface area contributed by atoms with Crippen molar-refractivity contribution in [3.63, 3.8) is 0 Å². The van der Waals surface area contributed by atoms with Crippen LogP contribution in [0.3, 0.4) is 0 Å². The van der Waals surface area contributed by atoms with E-state index in [0.717, 1.165) is 10.0 Å². The fraction of sp³-hybridized carbons (Fsp3) is 0.385. The van der Waals surface area contributed by atoms with Gasteiger partial charge in [-0.3, -0.25) is 9.48 Å². The predicted octanol–water partition coefficient (Wildman–Crippen LogP) is 3.56. The standard InChI is InChI=1S/C26H28BrN3O4/c1-15(2)30-14-19-22(28-30)25(33)23(31)20(24(32)29(3)4)21(16-8-6-5-7-9-16)26(25,34-19)17-10-12-18(27)13-11-17/h5-15,20-21,23,31,33H,1-4H3/t20-,21-,23-,25+,26+/m1/s1. The van der Waals surface area contributed by atoms with Crippen molar-refractivity contribution in [2.24, 2.45) is 5.92 Å². The quantitative estimate of drug-likeness (QED) is 0.543. The zero-order chi connectivity index (χ0) is 24.4. The molecule has 7 nitrogen and oxygen atoms in total. The SMILES string of the molecule is CC(C)n1cc2c(n1)[C@]1(O)[C@H](O)[C@H](C(=O)N(C)C)[C@@H](c3ccccc3)[C@]1(c1ccc(Br)cc1)O2. The van der Waals surface area contributed by atoms with Gasteiger partial charge < -0.3 is 19.8 Å². The number of nitrogens with zero attached hydrogens (tertiary/aromatic N) is 3. The van der Waals surface area contributed by atoms with Crippen LogP contribution in [0.25, 0.3) is 0 Å². The Hall–Kier alpha value is -2.68. The van der Waals surface area contributed by atoms with Crippen LogP contribution in [-0.2, 0) is 16.0 Å². The molecule has 8 heteroatoms. The number of ether oxygens (including phenoxy) is 1. The fourth-order valence-electron chi connectivity index (χ4n) is 5.59. The van der Waals surface area contributed by atoms with Gasteiger partial charge in [0, 0.05) is 30.5 Å². The maximum absolute atomic E-state index is 13.5. The van der Waals surface area contributed by atoms with E-state index >= 15 is 0 Å². The lowest BCUT2D eigenvalue weighted by Gasteiger charge is -2.40. The Kier molecular flexibility index (Phi) is 5.39. The Morgan fingerprint density at radius 1 is 1.15 bits per heavy atom. The van der Waals surface area contributed by atoms with Crippen LogP contribution >= 0.6 is 15.9 Å². The molecule has 1 amide bonds. The van der Waals surface area contributed by atoms with Crippen LogP contribution in [0.2, 0.25) is 0 Å². The summed E-state index contributed by atoms with van der Waals surface area (Å²) in [4.78, 5) is 15.0. The molecule has 1 aliphatic carbocycles. The number of benzene rings is 2. The number of fused-ring (bicyclic) bond motifs is 3. The van der Waals surface area contributed by atoms with E-state index in [2.05, 4.69) is 21.0 Å². The van der Waals surface area contributed by atoms with Gasteiger partial charge in [0.25, 0.3) is 0 Å². The highest BCUT2D eigenvalue weighted by Gasteiger charge is 2.78. The second-order valence-electron chi connectivity index (χ2n) is 9.62. The molecular weight excluding hydrogens is 498 g/mol. The summed E-state index contributed by atoms with van der Waals surface area (Å²) in [6, 6.07) is 17.0. The van der Waals surface area contributed by atoms with Crippen LogP contribution in [0.1, 0.15) is 42.6 Å². The van der Waals surface area contributed by atoms with Gasteiger partial charge in [-0.1, -0.05) is 58.4 Å². The van der Waals surface area contributed by atoms with Crippen LogP contribution < -0.4 is 4.74 Å². The number of amides is 1. The third kappa shape index (κ3) is 2.95. The number of carbonyl (C=O) groups excluding carboxylic acids is 1. The third-order valence-electron chi connectivity index (χ3n) is 7.15. The van der Waals surface area contributed by atoms with Crippen molar-refractivity contribution in [2.75, 3.05) is 14.1 Å². The second kappa shape index (κ2) is 7.93. The fourth-order valence-corrected chi connectivity index (χ4v) is 5.86. The molecule has 3 aromatic rings. The number of hydrogen-bond donors (Lipinski definition) is 2. The van der Waals surface area contributed by atoms with Crippen LogP contribution in [0.5, 0.6) is 5.75 Å². The lowest BCUT2D eigenvalue weighted by molar-refractivity contribution is -0.158. The van der Waals surface area contributed by atoms with E-state index in [9.17, 15) is 15.0 Å². The van der Waals surface area contributed by atoms with Crippen LogP contribution in [-0.4, -0.2) is 51.0 Å². The third-order valence-corrected chi connectivity index (χ3v) is 7.68. The van der Waals surface area contributed by atoms with E-state index in [1.807, 2.05) is 68.4 Å². The zero-order valence-electron chi connectivity index (χ0n) is 19.5. The maximum atomic E-state index is 13.5. The first-order valence-electron chi connectivity index (χ1n) is 11.3. The average molecular weight is 526 g/mol. The molecule has 2 aromatic carbocycles. The number of aliphatic hydroxyl groups is 2. The number of hydrogen-bond acceptors (Lipinski definition) is 5. The molecule has 178 valence electrons.